The van der Waals surface area contributed by atoms with Crippen molar-refractivity contribution in [2.75, 3.05) is 20.4 Å². The summed E-state index contributed by atoms with van der Waals surface area (Å²) in [6, 6.07) is 13.3. The Morgan fingerprint density at radius 2 is 2.00 bits per heavy atom. The molecule has 6 heteroatoms. The molecule has 0 spiro atoms. The van der Waals surface area contributed by atoms with Crippen molar-refractivity contribution in [2.45, 2.75) is 13.0 Å². The van der Waals surface area contributed by atoms with Crippen molar-refractivity contribution in [1.29, 1.82) is 0 Å². The zero-order valence-electron chi connectivity index (χ0n) is 13.4. The van der Waals surface area contributed by atoms with Crippen LogP contribution in [0.15, 0.2) is 42.5 Å². The Hall–Kier alpha value is -2.89. The molecule has 1 aliphatic rings. The van der Waals surface area contributed by atoms with E-state index in [2.05, 4.69) is 5.32 Å². The molecule has 3 rings (SSSR count). The molecule has 0 aliphatic carbocycles. The summed E-state index contributed by atoms with van der Waals surface area (Å²) in [5.41, 5.74) is 1.94. The standard InChI is InChI=1S/C18H19NO5/c1-21-15-9-14(10-16-17(15)24-12-23-16)7-8-19-18(20)22-11-13-5-3-2-4-6-13/h2-6,9-10H,7-8,11-12H2,1H3,(H,19,20). The fourth-order valence-corrected chi connectivity index (χ4v) is 2.41. The molecule has 1 amide bonds. The van der Waals surface area contributed by atoms with Crippen molar-refractivity contribution in [2.24, 2.45) is 0 Å². The minimum Gasteiger partial charge on any atom is -0.493 e. The third-order valence-corrected chi connectivity index (χ3v) is 3.61. The van der Waals surface area contributed by atoms with Gasteiger partial charge in [0.25, 0.3) is 0 Å². The predicted octanol–water partition coefficient (Wildman–Crippen LogP) is 2.89. The molecule has 0 atom stereocenters. The van der Waals surface area contributed by atoms with Crippen LogP contribution in [0.1, 0.15) is 11.1 Å². The third kappa shape index (κ3) is 3.90. The van der Waals surface area contributed by atoms with Gasteiger partial charge >= 0.3 is 6.09 Å². The highest BCUT2D eigenvalue weighted by atomic mass is 16.7. The number of hydrogen-bond acceptors (Lipinski definition) is 5. The fourth-order valence-electron chi connectivity index (χ4n) is 2.41. The zero-order valence-corrected chi connectivity index (χ0v) is 13.4. The first kappa shape index (κ1) is 16.0. The molecule has 0 bridgehead atoms. The molecule has 0 fully saturated rings. The summed E-state index contributed by atoms with van der Waals surface area (Å²) >= 11 is 0. The predicted molar refractivity (Wildman–Crippen MR) is 87.5 cm³/mol. The van der Waals surface area contributed by atoms with Crippen LogP contribution < -0.4 is 19.5 Å². The highest BCUT2D eigenvalue weighted by molar-refractivity contribution is 5.67. The summed E-state index contributed by atoms with van der Waals surface area (Å²) in [7, 11) is 1.58. The normalized spacial score (nSPS) is 11.9. The number of nitrogens with one attached hydrogen (secondary N) is 1. The summed E-state index contributed by atoms with van der Waals surface area (Å²) in [6.45, 7) is 0.903. The minimum absolute atomic E-state index is 0.194. The lowest BCUT2D eigenvalue weighted by Gasteiger charge is -2.09. The van der Waals surface area contributed by atoms with Crippen molar-refractivity contribution in [1.82, 2.24) is 5.32 Å². The van der Waals surface area contributed by atoms with Gasteiger partial charge < -0.3 is 24.3 Å². The molecule has 0 radical (unpaired) electrons. The maximum Gasteiger partial charge on any atom is 0.407 e. The van der Waals surface area contributed by atoms with Crippen molar-refractivity contribution in [3.05, 3.63) is 53.6 Å². The molecule has 2 aromatic rings. The molecule has 1 heterocycles. The molecule has 1 N–H and O–H groups in total. The van der Waals surface area contributed by atoms with E-state index in [9.17, 15) is 4.79 Å². The largest absolute Gasteiger partial charge is 0.493 e. The molecule has 6 nitrogen and oxygen atoms in total. The van der Waals surface area contributed by atoms with Crippen molar-refractivity contribution in [3.63, 3.8) is 0 Å². The summed E-state index contributed by atoms with van der Waals surface area (Å²) < 4.78 is 21.2. The minimum atomic E-state index is -0.438. The van der Waals surface area contributed by atoms with E-state index in [1.807, 2.05) is 42.5 Å². The van der Waals surface area contributed by atoms with Gasteiger partial charge in [0.05, 0.1) is 7.11 Å². The number of rotatable bonds is 6. The van der Waals surface area contributed by atoms with Crippen LogP contribution in [0.25, 0.3) is 0 Å². The Balaban J connectivity index is 1.47. The average Bonchev–Trinajstić information content (AvgIpc) is 3.09. The van der Waals surface area contributed by atoms with E-state index in [1.165, 1.54) is 0 Å². The van der Waals surface area contributed by atoms with Crippen LogP contribution in [0.2, 0.25) is 0 Å². The Bertz CT molecular complexity index is 702. The van der Waals surface area contributed by atoms with Crippen LogP contribution in [-0.4, -0.2) is 26.5 Å². The Kier molecular flexibility index (Phi) is 5.05. The van der Waals surface area contributed by atoms with E-state index in [4.69, 9.17) is 18.9 Å². The molecular weight excluding hydrogens is 310 g/mol. The van der Waals surface area contributed by atoms with Gasteiger partial charge in [-0.3, -0.25) is 0 Å². The number of hydrogen-bond donors (Lipinski definition) is 1. The highest BCUT2D eigenvalue weighted by Gasteiger charge is 2.19. The maximum atomic E-state index is 11.7. The fraction of sp³-hybridized carbons (Fsp3) is 0.278. The van der Waals surface area contributed by atoms with E-state index in [-0.39, 0.29) is 13.4 Å². The molecular formula is C18H19NO5. The van der Waals surface area contributed by atoms with Crippen LogP contribution >= 0.6 is 0 Å². The smallest absolute Gasteiger partial charge is 0.407 e. The molecule has 126 valence electrons. The summed E-state index contributed by atoms with van der Waals surface area (Å²) in [6.07, 6.45) is 0.194. The Morgan fingerprint density at radius 1 is 1.17 bits per heavy atom. The number of methoxy groups -OCH3 is 1. The topological polar surface area (TPSA) is 66.0 Å². The number of carbonyl (C=O) groups is 1. The van der Waals surface area contributed by atoms with Crippen LogP contribution in [-0.2, 0) is 17.8 Å². The van der Waals surface area contributed by atoms with Crippen molar-refractivity contribution < 1.29 is 23.7 Å². The number of carbonyl (C=O) groups excluding carboxylic acids is 1. The number of alkyl carbamates (subject to hydrolysis) is 1. The maximum absolute atomic E-state index is 11.7. The first-order valence-electron chi connectivity index (χ1n) is 7.67. The van der Waals surface area contributed by atoms with E-state index in [0.717, 1.165) is 11.1 Å². The SMILES string of the molecule is COc1cc(CCNC(=O)OCc2ccccc2)cc2c1OCO2. The van der Waals surface area contributed by atoms with Gasteiger partial charge in [0.2, 0.25) is 12.5 Å². The molecule has 1 aliphatic heterocycles. The monoisotopic (exact) mass is 329 g/mol. The van der Waals surface area contributed by atoms with E-state index >= 15 is 0 Å². The van der Waals surface area contributed by atoms with Crippen molar-refractivity contribution >= 4 is 6.09 Å². The van der Waals surface area contributed by atoms with Gasteiger partial charge in [0.15, 0.2) is 11.5 Å². The molecule has 0 unspecified atom stereocenters. The number of benzene rings is 2. The van der Waals surface area contributed by atoms with Gasteiger partial charge in [-0.25, -0.2) is 4.79 Å². The number of amides is 1. The molecule has 0 saturated carbocycles. The second kappa shape index (κ2) is 7.59. The van der Waals surface area contributed by atoms with Gasteiger partial charge in [-0.15, -0.1) is 0 Å². The third-order valence-electron chi connectivity index (χ3n) is 3.61. The molecule has 0 aromatic heterocycles. The van der Waals surface area contributed by atoms with Crippen LogP contribution in [0, 0.1) is 0 Å². The summed E-state index contributed by atoms with van der Waals surface area (Å²) in [4.78, 5) is 11.7. The first-order valence-corrected chi connectivity index (χ1v) is 7.67. The van der Waals surface area contributed by atoms with Gasteiger partial charge in [0.1, 0.15) is 6.61 Å². The zero-order chi connectivity index (χ0) is 16.8. The number of fused-ring (bicyclic) bond motifs is 1. The first-order chi connectivity index (χ1) is 11.8. The molecule has 24 heavy (non-hydrogen) atoms. The van der Waals surface area contributed by atoms with E-state index in [1.54, 1.807) is 7.11 Å². The van der Waals surface area contributed by atoms with Gasteiger partial charge in [-0.05, 0) is 29.7 Å². The quantitative estimate of drug-likeness (QED) is 0.883. The van der Waals surface area contributed by atoms with E-state index < -0.39 is 6.09 Å². The summed E-state index contributed by atoms with van der Waals surface area (Å²) in [5.74, 6) is 1.92. The van der Waals surface area contributed by atoms with Gasteiger partial charge in [-0.1, -0.05) is 30.3 Å². The van der Waals surface area contributed by atoms with Gasteiger partial charge in [-0.2, -0.15) is 0 Å². The highest BCUT2D eigenvalue weighted by Crippen LogP contribution is 2.41. The lowest BCUT2D eigenvalue weighted by Crippen LogP contribution is -2.26. The lowest BCUT2D eigenvalue weighted by molar-refractivity contribution is 0.140. The van der Waals surface area contributed by atoms with Crippen molar-refractivity contribution in [3.8, 4) is 17.2 Å². The number of ether oxygens (including phenoxy) is 4. The average molecular weight is 329 g/mol. The lowest BCUT2D eigenvalue weighted by atomic mass is 10.1. The second-order valence-electron chi connectivity index (χ2n) is 5.27. The molecule has 2 aromatic carbocycles. The molecule has 0 saturated heterocycles. The second-order valence-corrected chi connectivity index (χ2v) is 5.27. The van der Waals surface area contributed by atoms with E-state index in [0.29, 0.717) is 30.2 Å². The van der Waals surface area contributed by atoms with Gasteiger partial charge in [0, 0.05) is 6.54 Å². The summed E-state index contributed by atoms with van der Waals surface area (Å²) in [5, 5.41) is 2.73. The Morgan fingerprint density at radius 3 is 2.79 bits per heavy atom. The van der Waals surface area contributed by atoms with Crippen LogP contribution in [0.3, 0.4) is 0 Å². The Labute approximate surface area is 140 Å². The van der Waals surface area contributed by atoms with Crippen LogP contribution in [0.4, 0.5) is 4.79 Å². The van der Waals surface area contributed by atoms with Crippen LogP contribution in [0.5, 0.6) is 17.2 Å².